The third-order valence-corrected chi connectivity index (χ3v) is 2.76. The molecule has 1 atom stereocenters. The van der Waals surface area contributed by atoms with Crippen molar-refractivity contribution >= 4 is 0 Å². The molecule has 3 nitrogen and oxygen atoms in total. The first-order chi connectivity index (χ1) is 7.28. The Morgan fingerprint density at radius 1 is 1.13 bits per heavy atom. The highest BCUT2D eigenvalue weighted by Gasteiger charge is 2.10. The molecule has 2 N–H and O–H groups in total. The van der Waals surface area contributed by atoms with Crippen LogP contribution < -0.4 is 5.32 Å². The summed E-state index contributed by atoms with van der Waals surface area (Å²) in [5.74, 6) is 0. The van der Waals surface area contributed by atoms with Gasteiger partial charge in [0.25, 0.3) is 0 Å². The van der Waals surface area contributed by atoms with Crippen molar-refractivity contribution in [2.75, 3.05) is 33.3 Å². The number of unbranched alkanes of at least 4 members (excludes halogenated alkanes) is 2. The van der Waals surface area contributed by atoms with Gasteiger partial charge in [-0.05, 0) is 33.0 Å². The van der Waals surface area contributed by atoms with Gasteiger partial charge >= 0.3 is 0 Å². The number of likely N-dealkylation sites (N-methyl/N-ethyl adjacent to an activating group) is 1. The van der Waals surface area contributed by atoms with Crippen LogP contribution in [0.3, 0.4) is 0 Å². The molecule has 0 radical (unpaired) electrons. The Labute approximate surface area is 94.9 Å². The van der Waals surface area contributed by atoms with E-state index in [1.165, 1.54) is 25.7 Å². The summed E-state index contributed by atoms with van der Waals surface area (Å²) in [7, 11) is 1.92. The standard InChI is InChI=1S/C12H28N2O/c1-4-6-8-14(9-7-5-2)10-12(11-15)13-3/h12-13,15H,4-11H2,1-3H3. The van der Waals surface area contributed by atoms with Crippen molar-refractivity contribution in [3.63, 3.8) is 0 Å². The number of rotatable bonds is 10. The fourth-order valence-corrected chi connectivity index (χ4v) is 1.61. The van der Waals surface area contributed by atoms with Gasteiger partial charge in [-0.3, -0.25) is 0 Å². The second-order valence-electron chi connectivity index (χ2n) is 4.18. The van der Waals surface area contributed by atoms with Gasteiger partial charge in [-0.25, -0.2) is 0 Å². The summed E-state index contributed by atoms with van der Waals surface area (Å²) < 4.78 is 0. The van der Waals surface area contributed by atoms with Crippen LogP contribution in [0.4, 0.5) is 0 Å². The molecule has 0 rings (SSSR count). The molecule has 3 heteroatoms. The summed E-state index contributed by atoms with van der Waals surface area (Å²) in [5, 5.41) is 12.3. The largest absolute Gasteiger partial charge is 0.395 e. The van der Waals surface area contributed by atoms with Crippen molar-refractivity contribution in [2.24, 2.45) is 0 Å². The SMILES string of the molecule is CCCCN(CCCC)CC(CO)NC. The maximum atomic E-state index is 9.14. The Morgan fingerprint density at radius 3 is 2.00 bits per heavy atom. The first kappa shape index (κ1) is 14.9. The van der Waals surface area contributed by atoms with Crippen LogP contribution in [0.2, 0.25) is 0 Å². The Morgan fingerprint density at radius 2 is 1.67 bits per heavy atom. The molecule has 0 aromatic heterocycles. The second kappa shape index (κ2) is 10.4. The van der Waals surface area contributed by atoms with E-state index in [4.69, 9.17) is 5.11 Å². The fourth-order valence-electron chi connectivity index (χ4n) is 1.61. The van der Waals surface area contributed by atoms with Gasteiger partial charge in [0.2, 0.25) is 0 Å². The van der Waals surface area contributed by atoms with E-state index < -0.39 is 0 Å². The smallest absolute Gasteiger partial charge is 0.0597 e. The van der Waals surface area contributed by atoms with Crippen LogP contribution in [0.5, 0.6) is 0 Å². The zero-order valence-electron chi connectivity index (χ0n) is 10.6. The van der Waals surface area contributed by atoms with Crippen LogP contribution in [0.15, 0.2) is 0 Å². The predicted octanol–water partition coefficient (Wildman–Crippen LogP) is 1.47. The molecule has 0 aromatic rings. The molecule has 15 heavy (non-hydrogen) atoms. The monoisotopic (exact) mass is 216 g/mol. The van der Waals surface area contributed by atoms with Gasteiger partial charge < -0.3 is 15.3 Å². The summed E-state index contributed by atoms with van der Waals surface area (Å²) in [6.45, 7) is 7.96. The molecule has 0 aliphatic carbocycles. The van der Waals surface area contributed by atoms with E-state index in [9.17, 15) is 0 Å². The van der Waals surface area contributed by atoms with Crippen molar-refractivity contribution in [1.82, 2.24) is 10.2 Å². The minimum Gasteiger partial charge on any atom is -0.395 e. The van der Waals surface area contributed by atoms with Crippen LogP contribution in [0.1, 0.15) is 39.5 Å². The second-order valence-corrected chi connectivity index (χ2v) is 4.18. The fraction of sp³-hybridized carbons (Fsp3) is 1.00. The molecule has 0 saturated carbocycles. The number of nitrogens with one attached hydrogen (secondary N) is 1. The van der Waals surface area contributed by atoms with Crippen LogP contribution in [-0.2, 0) is 0 Å². The third kappa shape index (κ3) is 7.77. The van der Waals surface area contributed by atoms with E-state index in [1.54, 1.807) is 0 Å². The molecule has 1 unspecified atom stereocenters. The minimum absolute atomic E-state index is 0.221. The van der Waals surface area contributed by atoms with E-state index in [0.717, 1.165) is 19.6 Å². The molecule has 0 spiro atoms. The van der Waals surface area contributed by atoms with Crippen molar-refractivity contribution in [1.29, 1.82) is 0 Å². The Balaban J connectivity index is 3.86. The molecular weight excluding hydrogens is 188 g/mol. The summed E-state index contributed by atoms with van der Waals surface area (Å²) in [6.07, 6.45) is 5.00. The normalized spacial score (nSPS) is 13.4. The quantitative estimate of drug-likeness (QED) is 0.580. The summed E-state index contributed by atoms with van der Waals surface area (Å²) in [5.41, 5.74) is 0. The highest BCUT2D eigenvalue weighted by molar-refractivity contribution is 4.69. The van der Waals surface area contributed by atoms with Gasteiger partial charge in [-0.2, -0.15) is 0 Å². The van der Waals surface area contributed by atoms with Gasteiger partial charge in [-0.15, -0.1) is 0 Å². The first-order valence-corrected chi connectivity index (χ1v) is 6.28. The van der Waals surface area contributed by atoms with E-state index in [-0.39, 0.29) is 12.6 Å². The lowest BCUT2D eigenvalue weighted by molar-refractivity contribution is 0.183. The van der Waals surface area contributed by atoms with Crippen molar-refractivity contribution < 1.29 is 5.11 Å². The Bertz CT molecular complexity index is 119. The molecule has 0 fully saturated rings. The lowest BCUT2D eigenvalue weighted by Crippen LogP contribution is -2.42. The zero-order valence-corrected chi connectivity index (χ0v) is 10.6. The Hall–Kier alpha value is -0.120. The van der Waals surface area contributed by atoms with E-state index in [2.05, 4.69) is 24.1 Å². The molecule has 0 aliphatic rings. The highest BCUT2D eigenvalue weighted by atomic mass is 16.3. The molecule has 0 aliphatic heterocycles. The molecule has 0 saturated heterocycles. The molecule has 92 valence electrons. The first-order valence-electron chi connectivity index (χ1n) is 6.28. The number of hydrogen-bond acceptors (Lipinski definition) is 3. The maximum absolute atomic E-state index is 9.14. The average molecular weight is 216 g/mol. The lowest BCUT2D eigenvalue weighted by atomic mass is 10.2. The van der Waals surface area contributed by atoms with Gasteiger partial charge in [0.15, 0.2) is 0 Å². The number of aliphatic hydroxyl groups is 1. The Kier molecular flexibility index (Phi) is 10.3. The van der Waals surface area contributed by atoms with E-state index in [0.29, 0.717) is 0 Å². The van der Waals surface area contributed by atoms with Crippen molar-refractivity contribution in [3.05, 3.63) is 0 Å². The summed E-state index contributed by atoms with van der Waals surface area (Å²) in [4.78, 5) is 2.46. The molecule has 0 aromatic carbocycles. The number of nitrogens with zero attached hydrogens (tertiary/aromatic N) is 1. The molecule has 0 bridgehead atoms. The minimum atomic E-state index is 0.221. The number of hydrogen-bond donors (Lipinski definition) is 2. The van der Waals surface area contributed by atoms with Gasteiger partial charge in [0.05, 0.1) is 6.61 Å². The maximum Gasteiger partial charge on any atom is 0.0597 e. The summed E-state index contributed by atoms with van der Waals surface area (Å²) in [6, 6.07) is 0.221. The predicted molar refractivity (Wildman–Crippen MR) is 66.2 cm³/mol. The molecular formula is C12H28N2O. The average Bonchev–Trinajstić information content (AvgIpc) is 2.28. The highest BCUT2D eigenvalue weighted by Crippen LogP contribution is 2.00. The van der Waals surface area contributed by atoms with Gasteiger partial charge in [0, 0.05) is 12.6 Å². The topological polar surface area (TPSA) is 35.5 Å². The van der Waals surface area contributed by atoms with Crippen molar-refractivity contribution in [3.8, 4) is 0 Å². The number of aliphatic hydroxyl groups excluding tert-OH is 1. The zero-order chi connectivity index (χ0) is 11.5. The van der Waals surface area contributed by atoms with Crippen LogP contribution in [-0.4, -0.2) is 49.3 Å². The van der Waals surface area contributed by atoms with Gasteiger partial charge in [0.1, 0.15) is 0 Å². The molecule has 0 heterocycles. The van der Waals surface area contributed by atoms with Crippen molar-refractivity contribution in [2.45, 2.75) is 45.6 Å². The lowest BCUT2D eigenvalue weighted by Gasteiger charge is -2.26. The van der Waals surface area contributed by atoms with Crippen LogP contribution in [0.25, 0.3) is 0 Å². The van der Waals surface area contributed by atoms with Crippen LogP contribution >= 0.6 is 0 Å². The van der Waals surface area contributed by atoms with Crippen LogP contribution in [0, 0.1) is 0 Å². The molecule has 0 amide bonds. The summed E-state index contributed by atoms with van der Waals surface area (Å²) >= 11 is 0. The third-order valence-electron chi connectivity index (χ3n) is 2.76. The van der Waals surface area contributed by atoms with E-state index in [1.807, 2.05) is 7.05 Å². The van der Waals surface area contributed by atoms with Gasteiger partial charge in [-0.1, -0.05) is 26.7 Å². The van der Waals surface area contributed by atoms with E-state index >= 15 is 0 Å².